The predicted octanol–water partition coefficient (Wildman–Crippen LogP) is 3.10. The number of nitrogens with one attached hydrogen (secondary N) is 1. The summed E-state index contributed by atoms with van der Waals surface area (Å²) in [7, 11) is 0. The van der Waals surface area contributed by atoms with Gasteiger partial charge in [0.15, 0.2) is 0 Å². The second-order valence-electron chi connectivity index (χ2n) is 4.69. The Balaban J connectivity index is 2.11. The summed E-state index contributed by atoms with van der Waals surface area (Å²) >= 11 is 0. The minimum atomic E-state index is 0.694. The number of ether oxygens (including phenoxy) is 2. The Hall–Kier alpha value is -1.22. The first kappa shape index (κ1) is 14.8. The molecule has 0 aliphatic heterocycles. The number of hydrogen-bond donors (Lipinski definition) is 1. The predicted molar refractivity (Wildman–Crippen MR) is 75.4 cm³/mol. The van der Waals surface area contributed by atoms with Crippen LogP contribution < -0.4 is 14.8 Å². The molecule has 0 spiro atoms. The van der Waals surface area contributed by atoms with E-state index in [9.17, 15) is 0 Å². The van der Waals surface area contributed by atoms with Gasteiger partial charge in [-0.05, 0) is 50.1 Å². The average molecular weight is 251 g/mol. The highest BCUT2D eigenvalue weighted by atomic mass is 16.5. The van der Waals surface area contributed by atoms with Crippen LogP contribution in [0.5, 0.6) is 11.5 Å². The Kier molecular flexibility index (Phi) is 7.26. The van der Waals surface area contributed by atoms with Gasteiger partial charge in [-0.3, -0.25) is 0 Å². The average Bonchev–Trinajstić information content (AvgIpc) is 2.35. The molecule has 1 aromatic carbocycles. The fourth-order valence-electron chi connectivity index (χ4n) is 1.56. The van der Waals surface area contributed by atoms with E-state index in [1.807, 2.05) is 31.2 Å². The van der Waals surface area contributed by atoms with Crippen LogP contribution in [0, 0.1) is 5.92 Å². The maximum Gasteiger partial charge on any atom is 0.119 e. The summed E-state index contributed by atoms with van der Waals surface area (Å²) in [6, 6.07) is 7.76. The van der Waals surface area contributed by atoms with Crippen molar-refractivity contribution in [2.75, 3.05) is 26.3 Å². The maximum absolute atomic E-state index is 5.63. The largest absolute Gasteiger partial charge is 0.494 e. The highest BCUT2D eigenvalue weighted by Crippen LogP contribution is 2.17. The molecule has 18 heavy (non-hydrogen) atoms. The first-order valence-corrected chi connectivity index (χ1v) is 6.78. The van der Waals surface area contributed by atoms with Crippen molar-refractivity contribution in [3.63, 3.8) is 0 Å². The van der Waals surface area contributed by atoms with E-state index in [0.717, 1.165) is 30.5 Å². The smallest absolute Gasteiger partial charge is 0.119 e. The molecule has 0 radical (unpaired) electrons. The third kappa shape index (κ3) is 6.50. The summed E-state index contributed by atoms with van der Waals surface area (Å²) in [5, 5.41) is 3.37. The van der Waals surface area contributed by atoms with Crippen molar-refractivity contribution < 1.29 is 9.47 Å². The lowest BCUT2D eigenvalue weighted by Gasteiger charge is -2.09. The van der Waals surface area contributed by atoms with Gasteiger partial charge in [-0.25, -0.2) is 0 Å². The standard InChI is InChI=1S/C15H25NO2/c1-4-17-14-5-7-15(8-6-14)18-12-11-16-10-9-13(2)3/h5-8,13,16H,4,9-12H2,1-3H3. The molecular formula is C15H25NO2. The van der Waals surface area contributed by atoms with Crippen LogP contribution in [-0.2, 0) is 0 Å². The fraction of sp³-hybridized carbons (Fsp3) is 0.600. The van der Waals surface area contributed by atoms with Gasteiger partial charge in [0.25, 0.3) is 0 Å². The van der Waals surface area contributed by atoms with Crippen LogP contribution in [0.3, 0.4) is 0 Å². The van der Waals surface area contributed by atoms with Crippen LogP contribution in [-0.4, -0.2) is 26.3 Å². The lowest BCUT2D eigenvalue weighted by atomic mass is 10.1. The third-order valence-electron chi connectivity index (χ3n) is 2.58. The maximum atomic E-state index is 5.63. The number of hydrogen-bond acceptors (Lipinski definition) is 3. The molecule has 0 bridgehead atoms. The first-order valence-electron chi connectivity index (χ1n) is 6.78. The molecule has 0 fully saturated rings. The SMILES string of the molecule is CCOc1ccc(OCCNCCC(C)C)cc1. The molecule has 0 saturated carbocycles. The van der Waals surface area contributed by atoms with Crippen molar-refractivity contribution in [2.45, 2.75) is 27.2 Å². The molecule has 1 aromatic rings. The second-order valence-corrected chi connectivity index (χ2v) is 4.69. The van der Waals surface area contributed by atoms with E-state index >= 15 is 0 Å². The van der Waals surface area contributed by atoms with Crippen molar-refractivity contribution in [1.82, 2.24) is 5.32 Å². The summed E-state index contributed by atoms with van der Waals surface area (Å²) in [5.74, 6) is 2.54. The topological polar surface area (TPSA) is 30.5 Å². The van der Waals surface area contributed by atoms with Crippen LogP contribution in [0.25, 0.3) is 0 Å². The Morgan fingerprint density at radius 2 is 1.61 bits per heavy atom. The van der Waals surface area contributed by atoms with E-state index in [0.29, 0.717) is 13.2 Å². The summed E-state index contributed by atoms with van der Waals surface area (Å²) in [5.41, 5.74) is 0. The molecular weight excluding hydrogens is 226 g/mol. The van der Waals surface area contributed by atoms with Gasteiger partial charge in [0, 0.05) is 6.54 Å². The molecule has 0 amide bonds. The summed E-state index contributed by atoms with van der Waals surface area (Å²) < 4.78 is 11.0. The zero-order valence-corrected chi connectivity index (χ0v) is 11.7. The fourth-order valence-corrected chi connectivity index (χ4v) is 1.56. The van der Waals surface area contributed by atoms with Gasteiger partial charge in [-0.15, -0.1) is 0 Å². The Bertz CT molecular complexity index is 309. The van der Waals surface area contributed by atoms with E-state index in [1.54, 1.807) is 0 Å². The van der Waals surface area contributed by atoms with Crippen LogP contribution >= 0.6 is 0 Å². The second kappa shape index (κ2) is 8.81. The molecule has 0 heterocycles. The lowest BCUT2D eigenvalue weighted by molar-refractivity contribution is 0.310. The van der Waals surface area contributed by atoms with Crippen molar-refractivity contribution in [3.8, 4) is 11.5 Å². The molecule has 1 N–H and O–H groups in total. The van der Waals surface area contributed by atoms with Crippen LogP contribution in [0.1, 0.15) is 27.2 Å². The third-order valence-corrected chi connectivity index (χ3v) is 2.58. The molecule has 0 aliphatic rings. The zero-order valence-electron chi connectivity index (χ0n) is 11.7. The highest BCUT2D eigenvalue weighted by Gasteiger charge is 1.96. The van der Waals surface area contributed by atoms with Crippen LogP contribution in [0.4, 0.5) is 0 Å². The summed E-state index contributed by atoms with van der Waals surface area (Å²) in [6.45, 7) is 9.79. The van der Waals surface area contributed by atoms with E-state index in [2.05, 4.69) is 19.2 Å². The van der Waals surface area contributed by atoms with E-state index in [1.165, 1.54) is 6.42 Å². The van der Waals surface area contributed by atoms with Crippen LogP contribution in [0.2, 0.25) is 0 Å². The van der Waals surface area contributed by atoms with Gasteiger partial charge in [-0.2, -0.15) is 0 Å². The summed E-state index contributed by atoms with van der Waals surface area (Å²) in [4.78, 5) is 0. The zero-order chi connectivity index (χ0) is 13.2. The van der Waals surface area contributed by atoms with Crippen molar-refractivity contribution in [1.29, 1.82) is 0 Å². The number of rotatable bonds is 9. The van der Waals surface area contributed by atoms with Gasteiger partial charge < -0.3 is 14.8 Å². The van der Waals surface area contributed by atoms with Gasteiger partial charge in [0.2, 0.25) is 0 Å². The minimum Gasteiger partial charge on any atom is -0.494 e. The molecule has 0 aromatic heterocycles. The Morgan fingerprint density at radius 3 is 2.17 bits per heavy atom. The monoisotopic (exact) mass is 251 g/mol. The lowest BCUT2D eigenvalue weighted by Crippen LogP contribution is -2.22. The quantitative estimate of drug-likeness (QED) is 0.684. The highest BCUT2D eigenvalue weighted by molar-refractivity contribution is 5.31. The first-order chi connectivity index (χ1) is 8.72. The van der Waals surface area contributed by atoms with Gasteiger partial charge >= 0.3 is 0 Å². The van der Waals surface area contributed by atoms with E-state index < -0.39 is 0 Å². The van der Waals surface area contributed by atoms with Crippen molar-refractivity contribution >= 4 is 0 Å². The Morgan fingerprint density at radius 1 is 1.00 bits per heavy atom. The molecule has 3 heteroatoms. The van der Waals surface area contributed by atoms with Gasteiger partial charge in [-0.1, -0.05) is 13.8 Å². The normalized spacial score (nSPS) is 10.7. The minimum absolute atomic E-state index is 0.694. The molecule has 102 valence electrons. The summed E-state index contributed by atoms with van der Waals surface area (Å²) in [6.07, 6.45) is 1.21. The van der Waals surface area contributed by atoms with Crippen molar-refractivity contribution in [2.24, 2.45) is 5.92 Å². The van der Waals surface area contributed by atoms with Crippen LogP contribution in [0.15, 0.2) is 24.3 Å². The van der Waals surface area contributed by atoms with E-state index in [-0.39, 0.29) is 0 Å². The van der Waals surface area contributed by atoms with E-state index in [4.69, 9.17) is 9.47 Å². The molecule has 0 aliphatic carbocycles. The Labute approximate surface area is 110 Å². The molecule has 1 rings (SSSR count). The molecule has 3 nitrogen and oxygen atoms in total. The molecule has 0 saturated heterocycles. The van der Waals surface area contributed by atoms with Gasteiger partial charge in [0.1, 0.15) is 18.1 Å². The van der Waals surface area contributed by atoms with Gasteiger partial charge in [0.05, 0.1) is 6.61 Å². The number of benzene rings is 1. The molecule has 0 atom stereocenters. The molecule has 0 unspecified atom stereocenters. The van der Waals surface area contributed by atoms with Crippen molar-refractivity contribution in [3.05, 3.63) is 24.3 Å².